The molecule has 118 valence electrons. The minimum absolute atomic E-state index is 0.0488. The summed E-state index contributed by atoms with van der Waals surface area (Å²) in [4.78, 5) is 13.6. The molecule has 5 nitrogen and oxygen atoms in total. The third kappa shape index (κ3) is 4.58. The van der Waals surface area contributed by atoms with Crippen molar-refractivity contribution in [2.45, 2.75) is 26.2 Å². The summed E-state index contributed by atoms with van der Waals surface area (Å²) in [6.45, 7) is 2.45. The minimum atomic E-state index is -3.20. The van der Waals surface area contributed by atoms with E-state index in [-0.39, 0.29) is 18.2 Å². The molecule has 0 unspecified atom stereocenters. The Balaban J connectivity index is 1.96. The third-order valence-electron chi connectivity index (χ3n) is 3.50. The van der Waals surface area contributed by atoms with Crippen LogP contribution < -0.4 is 9.62 Å². The zero-order chi connectivity index (χ0) is 16.0. The molecule has 0 aromatic heterocycles. The minimum Gasteiger partial charge on any atom is -0.312 e. The van der Waals surface area contributed by atoms with Crippen molar-refractivity contribution < 1.29 is 13.2 Å². The second-order valence-electron chi connectivity index (χ2n) is 5.08. The number of piperidine rings is 1. The smallest absolute Gasteiger partial charge is 0.226 e. The normalized spacial score (nSPS) is 15.3. The van der Waals surface area contributed by atoms with Gasteiger partial charge in [-0.2, -0.15) is 0 Å². The van der Waals surface area contributed by atoms with Crippen molar-refractivity contribution in [2.75, 3.05) is 23.7 Å². The molecule has 1 aromatic rings. The molecule has 1 aliphatic rings. The molecule has 0 radical (unpaired) electrons. The lowest BCUT2D eigenvalue weighted by molar-refractivity contribution is -0.119. The van der Waals surface area contributed by atoms with E-state index >= 15 is 0 Å². The SMILES string of the molecule is CCS(=O)(=O)NCC#Cc1ccc(N2CCCCC2=O)cc1. The van der Waals surface area contributed by atoms with E-state index in [9.17, 15) is 13.2 Å². The molecule has 22 heavy (non-hydrogen) atoms. The van der Waals surface area contributed by atoms with Crippen molar-refractivity contribution >= 4 is 21.6 Å². The Bertz CT molecular complexity index is 684. The van der Waals surface area contributed by atoms with Crippen LogP contribution in [0.1, 0.15) is 31.7 Å². The first-order chi connectivity index (χ1) is 10.5. The fourth-order valence-electron chi connectivity index (χ4n) is 2.20. The van der Waals surface area contributed by atoms with Crippen molar-refractivity contribution in [1.82, 2.24) is 4.72 Å². The number of benzene rings is 1. The van der Waals surface area contributed by atoms with Gasteiger partial charge >= 0.3 is 0 Å². The summed E-state index contributed by atoms with van der Waals surface area (Å²) in [5, 5.41) is 0. The Morgan fingerprint density at radius 1 is 1.23 bits per heavy atom. The summed E-state index contributed by atoms with van der Waals surface area (Å²) in [5.41, 5.74) is 1.69. The van der Waals surface area contributed by atoms with E-state index < -0.39 is 10.0 Å². The van der Waals surface area contributed by atoms with Gasteiger partial charge in [0.1, 0.15) is 0 Å². The van der Waals surface area contributed by atoms with Gasteiger partial charge in [-0.05, 0) is 44.0 Å². The van der Waals surface area contributed by atoms with Crippen LogP contribution in [-0.4, -0.2) is 33.2 Å². The molecular formula is C16H20N2O3S. The predicted octanol–water partition coefficient (Wildman–Crippen LogP) is 1.49. The molecular weight excluding hydrogens is 300 g/mol. The average Bonchev–Trinajstić information content (AvgIpc) is 2.53. The number of nitrogens with one attached hydrogen (secondary N) is 1. The molecule has 0 atom stereocenters. The van der Waals surface area contributed by atoms with Gasteiger partial charge in [0.05, 0.1) is 12.3 Å². The maximum Gasteiger partial charge on any atom is 0.226 e. The van der Waals surface area contributed by atoms with Crippen LogP contribution in [0.4, 0.5) is 5.69 Å². The molecule has 1 aromatic carbocycles. The monoisotopic (exact) mass is 320 g/mol. The lowest BCUT2D eigenvalue weighted by Gasteiger charge is -2.26. The molecule has 0 bridgehead atoms. The Labute approximate surface area is 131 Å². The van der Waals surface area contributed by atoms with E-state index in [0.29, 0.717) is 6.42 Å². The predicted molar refractivity (Wildman–Crippen MR) is 87.0 cm³/mol. The molecule has 0 saturated carbocycles. The zero-order valence-electron chi connectivity index (χ0n) is 12.6. The quantitative estimate of drug-likeness (QED) is 0.855. The van der Waals surface area contributed by atoms with Gasteiger partial charge in [-0.25, -0.2) is 13.1 Å². The molecule has 1 aliphatic heterocycles. The van der Waals surface area contributed by atoms with Gasteiger partial charge in [0, 0.05) is 24.2 Å². The van der Waals surface area contributed by atoms with Crippen LogP contribution >= 0.6 is 0 Å². The lowest BCUT2D eigenvalue weighted by Crippen LogP contribution is -2.35. The van der Waals surface area contributed by atoms with E-state index in [1.165, 1.54) is 0 Å². The maximum absolute atomic E-state index is 11.8. The van der Waals surface area contributed by atoms with Gasteiger partial charge in [0.2, 0.25) is 15.9 Å². The Hall–Kier alpha value is -1.84. The first-order valence-corrected chi connectivity index (χ1v) is 9.04. The van der Waals surface area contributed by atoms with E-state index in [1.807, 2.05) is 24.3 Å². The fourth-order valence-corrected chi connectivity index (χ4v) is 2.69. The van der Waals surface area contributed by atoms with Crippen LogP contribution in [0.2, 0.25) is 0 Å². The summed E-state index contributed by atoms with van der Waals surface area (Å²) in [7, 11) is -3.20. The number of carbonyl (C=O) groups excluding carboxylic acids is 1. The lowest BCUT2D eigenvalue weighted by atomic mass is 10.1. The number of hydrogen-bond acceptors (Lipinski definition) is 3. The van der Waals surface area contributed by atoms with Gasteiger partial charge in [-0.15, -0.1) is 0 Å². The molecule has 2 rings (SSSR count). The van der Waals surface area contributed by atoms with E-state index in [2.05, 4.69) is 16.6 Å². The van der Waals surface area contributed by atoms with Gasteiger partial charge in [0.25, 0.3) is 0 Å². The van der Waals surface area contributed by atoms with Crippen molar-refractivity contribution in [3.8, 4) is 11.8 Å². The first-order valence-electron chi connectivity index (χ1n) is 7.38. The number of amides is 1. The Kier molecular flexibility index (Phi) is 5.58. The first kappa shape index (κ1) is 16.5. The van der Waals surface area contributed by atoms with Crippen molar-refractivity contribution in [3.05, 3.63) is 29.8 Å². The highest BCUT2D eigenvalue weighted by Gasteiger charge is 2.19. The molecule has 6 heteroatoms. The number of sulfonamides is 1. The number of rotatable bonds is 4. The third-order valence-corrected chi connectivity index (χ3v) is 4.84. The average molecular weight is 320 g/mol. The molecule has 1 fully saturated rings. The Morgan fingerprint density at radius 2 is 1.95 bits per heavy atom. The topological polar surface area (TPSA) is 66.5 Å². The zero-order valence-corrected chi connectivity index (χ0v) is 13.4. The molecule has 1 N–H and O–H groups in total. The molecule has 1 amide bonds. The maximum atomic E-state index is 11.8. The van der Waals surface area contributed by atoms with E-state index in [1.54, 1.807) is 11.8 Å². The number of hydrogen-bond donors (Lipinski definition) is 1. The van der Waals surface area contributed by atoms with E-state index in [4.69, 9.17) is 0 Å². The number of carbonyl (C=O) groups is 1. The highest BCUT2D eigenvalue weighted by atomic mass is 32.2. The van der Waals surface area contributed by atoms with Crippen LogP contribution in [-0.2, 0) is 14.8 Å². The van der Waals surface area contributed by atoms with Crippen molar-refractivity contribution in [2.24, 2.45) is 0 Å². The summed E-state index contributed by atoms with van der Waals surface area (Å²) in [5.74, 6) is 5.90. The summed E-state index contributed by atoms with van der Waals surface area (Å²) >= 11 is 0. The Morgan fingerprint density at radius 3 is 2.59 bits per heavy atom. The summed E-state index contributed by atoms with van der Waals surface area (Å²) in [6, 6.07) is 7.45. The summed E-state index contributed by atoms with van der Waals surface area (Å²) in [6.07, 6.45) is 2.61. The highest BCUT2D eigenvalue weighted by molar-refractivity contribution is 7.89. The molecule has 1 saturated heterocycles. The molecule has 1 heterocycles. The highest BCUT2D eigenvalue weighted by Crippen LogP contribution is 2.20. The second kappa shape index (κ2) is 7.43. The van der Waals surface area contributed by atoms with Crippen LogP contribution in [0, 0.1) is 11.8 Å². The van der Waals surface area contributed by atoms with Crippen molar-refractivity contribution in [1.29, 1.82) is 0 Å². The largest absolute Gasteiger partial charge is 0.312 e. The second-order valence-corrected chi connectivity index (χ2v) is 7.17. The van der Waals surface area contributed by atoms with Gasteiger partial charge in [-0.1, -0.05) is 11.8 Å². The number of nitrogens with zero attached hydrogens (tertiary/aromatic N) is 1. The van der Waals surface area contributed by atoms with Gasteiger partial charge in [0.15, 0.2) is 0 Å². The van der Waals surface area contributed by atoms with E-state index in [0.717, 1.165) is 30.6 Å². The van der Waals surface area contributed by atoms with Crippen LogP contribution in [0.15, 0.2) is 24.3 Å². The van der Waals surface area contributed by atoms with Gasteiger partial charge < -0.3 is 4.90 Å². The standard InChI is InChI=1S/C16H20N2O3S/c1-2-22(20,21)17-12-5-6-14-8-10-15(11-9-14)18-13-4-3-7-16(18)19/h8-11,17H,2-4,7,12-13H2,1H3. The van der Waals surface area contributed by atoms with Crippen LogP contribution in [0.5, 0.6) is 0 Å². The molecule has 0 aliphatic carbocycles. The fraction of sp³-hybridized carbons (Fsp3) is 0.438. The molecule has 0 spiro atoms. The van der Waals surface area contributed by atoms with Crippen LogP contribution in [0.25, 0.3) is 0 Å². The number of anilines is 1. The van der Waals surface area contributed by atoms with Crippen molar-refractivity contribution in [3.63, 3.8) is 0 Å². The van der Waals surface area contributed by atoms with Crippen LogP contribution in [0.3, 0.4) is 0 Å². The summed E-state index contributed by atoms with van der Waals surface area (Å²) < 4.78 is 24.9. The van der Waals surface area contributed by atoms with Gasteiger partial charge in [-0.3, -0.25) is 4.79 Å².